The molecule has 0 aromatic heterocycles. The molecule has 0 radical (unpaired) electrons. The van der Waals surface area contributed by atoms with Crippen LogP contribution in [0, 0.1) is 0 Å². The number of carbonyl (C=O) groups excluding carboxylic acids is 1. The van der Waals surface area contributed by atoms with Gasteiger partial charge < -0.3 is 0 Å². The number of allylic oxidation sites excluding steroid dienone is 2. The second-order valence-electron chi connectivity index (χ2n) is 4.47. The molecular weight excluding hydrogens is 238 g/mol. The fourth-order valence-corrected chi connectivity index (χ4v) is 2.12. The Morgan fingerprint density at radius 1 is 1.26 bits per heavy atom. The van der Waals surface area contributed by atoms with Gasteiger partial charge in [0.15, 0.2) is 0 Å². The standard InChI is InChI=1S/C15H15N3O/c16-18-17-15-11-14(19)10-9-13(15)8-4-7-12-5-2-1-3-6-12/h1-8,15H,9-11H2. The zero-order chi connectivity index (χ0) is 13.5. The molecule has 1 aromatic carbocycles. The van der Waals surface area contributed by atoms with E-state index in [2.05, 4.69) is 10.0 Å². The SMILES string of the molecule is [N-]=[N+]=NC1CC(=O)CCC1=CC=Cc1ccccc1. The van der Waals surface area contributed by atoms with Gasteiger partial charge in [-0.05, 0) is 17.5 Å². The van der Waals surface area contributed by atoms with Gasteiger partial charge in [0, 0.05) is 17.8 Å². The largest absolute Gasteiger partial charge is 0.300 e. The average molecular weight is 253 g/mol. The van der Waals surface area contributed by atoms with E-state index in [0.29, 0.717) is 19.3 Å². The van der Waals surface area contributed by atoms with Crippen LogP contribution in [-0.4, -0.2) is 11.8 Å². The lowest BCUT2D eigenvalue weighted by atomic mass is 9.89. The number of azide groups is 1. The third-order valence-electron chi connectivity index (χ3n) is 3.13. The molecule has 96 valence electrons. The molecule has 0 amide bonds. The van der Waals surface area contributed by atoms with Crippen LogP contribution >= 0.6 is 0 Å². The molecule has 4 heteroatoms. The van der Waals surface area contributed by atoms with E-state index in [1.807, 2.05) is 48.6 Å². The van der Waals surface area contributed by atoms with Crippen molar-refractivity contribution < 1.29 is 4.79 Å². The number of benzene rings is 1. The van der Waals surface area contributed by atoms with Crippen LogP contribution in [-0.2, 0) is 4.79 Å². The minimum Gasteiger partial charge on any atom is -0.300 e. The second kappa shape index (κ2) is 6.57. The fraction of sp³-hybridized carbons (Fsp3) is 0.267. The van der Waals surface area contributed by atoms with Crippen LogP contribution in [0.4, 0.5) is 0 Å². The lowest BCUT2D eigenvalue weighted by molar-refractivity contribution is -0.119. The van der Waals surface area contributed by atoms with Crippen molar-refractivity contribution in [3.8, 4) is 0 Å². The van der Waals surface area contributed by atoms with Crippen LogP contribution in [0.2, 0.25) is 0 Å². The topological polar surface area (TPSA) is 65.8 Å². The van der Waals surface area contributed by atoms with Gasteiger partial charge in [-0.15, -0.1) is 0 Å². The minimum absolute atomic E-state index is 0.168. The van der Waals surface area contributed by atoms with Crippen molar-refractivity contribution in [2.75, 3.05) is 0 Å². The quantitative estimate of drug-likeness (QED) is 0.455. The highest BCUT2D eigenvalue weighted by molar-refractivity contribution is 5.81. The summed E-state index contributed by atoms with van der Waals surface area (Å²) in [6.07, 6.45) is 7.45. The van der Waals surface area contributed by atoms with E-state index in [0.717, 1.165) is 11.1 Å². The van der Waals surface area contributed by atoms with Gasteiger partial charge in [0.05, 0.1) is 6.04 Å². The Balaban J connectivity index is 2.10. The van der Waals surface area contributed by atoms with Crippen LogP contribution in [0.5, 0.6) is 0 Å². The van der Waals surface area contributed by atoms with E-state index in [1.54, 1.807) is 0 Å². The first kappa shape index (κ1) is 13.1. The molecule has 0 heterocycles. The van der Waals surface area contributed by atoms with E-state index >= 15 is 0 Å². The van der Waals surface area contributed by atoms with Gasteiger partial charge in [-0.1, -0.05) is 59.2 Å². The molecule has 4 nitrogen and oxygen atoms in total. The lowest BCUT2D eigenvalue weighted by Gasteiger charge is -2.19. The Morgan fingerprint density at radius 3 is 2.79 bits per heavy atom. The zero-order valence-corrected chi connectivity index (χ0v) is 10.6. The van der Waals surface area contributed by atoms with Crippen LogP contribution < -0.4 is 0 Å². The highest BCUT2D eigenvalue weighted by Crippen LogP contribution is 2.24. The van der Waals surface area contributed by atoms with Crippen molar-refractivity contribution in [2.24, 2.45) is 5.11 Å². The first-order valence-corrected chi connectivity index (χ1v) is 6.27. The molecule has 1 aliphatic carbocycles. The normalized spacial score (nSPS) is 21.6. The van der Waals surface area contributed by atoms with Crippen LogP contribution in [0.1, 0.15) is 24.8 Å². The summed E-state index contributed by atoms with van der Waals surface area (Å²) in [6, 6.07) is 9.66. The van der Waals surface area contributed by atoms with Gasteiger partial charge in [0.2, 0.25) is 0 Å². The summed E-state index contributed by atoms with van der Waals surface area (Å²) in [6.45, 7) is 0. The van der Waals surface area contributed by atoms with E-state index < -0.39 is 0 Å². The van der Waals surface area contributed by atoms with E-state index in [9.17, 15) is 4.79 Å². The molecule has 0 N–H and O–H groups in total. The highest BCUT2D eigenvalue weighted by atomic mass is 16.1. The zero-order valence-electron chi connectivity index (χ0n) is 10.6. The van der Waals surface area contributed by atoms with Gasteiger partial charge >= 0.3 is 0 Å². The van der Waals surface area contributed by atoms with E-state index in [-0.39, 0.29) is 11.8 Å². The molecular formula is C15H15N3O. The van der Waals surface area contributed by atoms with Gasteiger partial charge in [0.1, 0.15) is 5.78 Å². The van der Waals surface area contributed by atoms with E-state index in [1.165, 1.54) is 0 Å². The molecule has 2 rings (SSSR count). The fourth-order valence-electron chi connectivity index (χ4n) is 2.12. The maximum atomic E-state index is 11.4. The summed E-state index contributed by atoms with van der Waals surface area (Å²) in [5.74, 6) is 0.168. The smallest absolute Gasteiger partial charge is 0.133 e. The summed E-state index contributed by atoms with van der Waals surface area (Å²) in [5.41, 5.74) is 10.7. The maximum absolute atomic E-state index is 11.4. The molecule has 1 atom stereocenters. The van der Waals surface area contributed by atoms with Gasteiger partial charge in [0.25, 0.3) is 0 Å². The Morgan fingerprint density at radius 2 is 2.05 bits per heavy atom. The van der Waals surface area contributed by atoms with Crippen molar-refractivity contribution in [3.63, 3.8) is 0 Å². The Hall–Kier alpha value is -2.32. The number of ketones is 1. The molecule has 1 aliphatic rings. The Kier molecular flexibility index (Phi) is 4.54. The van der Waals surface area contributed by atoms with Crippen molar-refractivity contribution in [2.45, 2.75) is 25.3 Å². The highest BCUT2D eigenvalue weighted by Gasteiger charge is 2.22. The first-order valence-electron chi connectivity index (χ1n) is 6.27. The molecule has 0 spiro atoms. The third-order valence-corrected chi connectivity index (χ3v) is 3.13. The summed E-state index contributed by atoms with van der Waals surface area (Å²) in [4.78, 5) is 14.2. The first-order chi connectivity index (χ1) is 9.29. The van der Waals surface area contributed by atoms with Crippen molar-refractivity contribution >= 4 is 11.9 Å². The summed E-state index contributed by atoms with van der Waals surface area (Å²) in [5, 5.41) is 3.70. The van der Waals surface area contributed by atoms with Crippen molar-refractivity contribution in [1.82, 2.24) is 0 Å². The van der Waals surface area contributed by atoms with Crippen LogP contribution in [0.3, 0.4) is 0 Å². The van der Waals surface area contributed by atoms with Crippen molar-refractivity contribution in [1.29, 1.82) is 0 Å². The maximum Gasteiger partial charge on any atom is 0.133 e. The number of Topliss-reactive ketones (excluding diaryl/α,β-unsaturated/α-hetero) is 1. The molecule has 1 saturated carbocycles. The predicted octanol–water partition coefficient (Wildman–Crippen LogP) is 4.06. The van der Waals surface area contributed by atoms with Crippen molar-refractivity contribution in [3.05, 3.63) is 64.1 Å². The predicted molar refractivity (Wildman–Crippen MR) is 75.4 cm³/mol. The number of rotatable bonds is 3. The monoisotopic (exact) mass is 253 g/mol. The van der Waals surface area contributed by atoms with Gasteiger partial charge in [-0.3, -0.25) is 4.79 Å². The van der Waals surface area contributed by atoms with Crippen LogP contribution in [0.25, 0.3) is 16.5 Å². The molecule has 19 heavy (non-hydrogen) atoms. The molecule has 1 unspecified atom stereocenters. The molecule has 0 aliphatic heterocycles. The van der Waals surface area contributed by atoms with E-state index in [4.69, 9.17) is 5.53 Å². The molecule has 1 aromatic rings. The molecule has 0 bridgehead atoms. The summed E-state index contributed by atoms with van der Waals surface area (Å²) in [7, 11) is 0. The molecule has 0 saturated heterocycles. The summed E-state index contributed by atoms with van der Waals surface area (Å²) < 4.78 is 0. The van der Waals surface area contributed by atoms with Gasteiger partial charge in [-0.25, -0.2) is 0 Å². The lowest BCUT2D eigenvalue weighted by Crippen LogP contribution is -2.20. The number of hydrogen-bond donors (Lipinski definition) is 0. The second-order valence-corrected chi connectivity index (χ2v) is 4.47. The van der Waals surface area contributed by atoms with Crippen LogP contribution in [0.15, 0.2) is 53.2 Å². The molecule has 1 fully saturated rings. The number of nitrogens with zero attached hydrogens (tertiary/aromatic N) is 3. The Labute approximate surface area is 112 Å². The number of carbonyl (C=O) groups is 1. The van der Waals surface area contributed by atoms with Gasteiger partial charge in [-0.2, -0.15) is 0 Å². The Bertz CT molecular complexity index is 554. The average Bonchev–Trinajstić information content (AvgIpc) is 2.43. The third kappa shape index (κ3) is 3.83. The minimum atomic E-state index is -0.313. The number of hydrogen-bond acceptors (Lipinski definition) is 2. The summed E-state index contributed by atoms with van der Waals surface area (Å²) >= 11 is 0.